The summed E-state index contributed by atoms with van der Waals surface area (Å²) in [6.45, 7) is 3.92. The first-order valence-corrected chi connectivity index (χ1v) is 7.83. The van der Waals surface area contributed by atoms with Crippen LogP contribution in [0.3, 0.4) is 0 Å². The first-order valence-electron chi connectivity index (χ1n) is 7.83. The Kier molecular flexibility index (Phi) is 3.98. The maximum absolute atomic E-state index is 14.1. The quantitative estimate of drug-likeness (QED) is 0.853. The number of rotatable bonds is 4. The summed E-state index contributed by atoms with van der Waals surface area (Å²) in [5, 5.41) is 0. The van der Waals surface area contributed by atoms with Gasteiger partial charge in [-0.2, -0.15) is 0 Å². The highest BCUT2D eigenvalue weighted by molar-refractivity contribution is 5.91. The molecule has 1 heterocycles. The number of benzene rings is 1. The van der Waals surface area contributed by atoms with Crippen molar-refractivity contribution in [2.75, 3.05) is 19.8 Å². The fourth-order valence-electron chi connectivity index (χ4n) is 3.34. The molecule has 0 spiro atoms. The topological polar surface area (TPSA) is 29.5 Å². The van der Waals surface area contributed by atoms with E-state index >= 15 is 0 Å². The van der Waals surface area contributed by atoms with Crippen molar-refractivity contribution < 1.29 is 13.9 Å². The van der Waals surface area contributed by atoms with Crippen LogP contribution in [-0.4, -0.2) is 36.6 Å². The molecular weight excluding hydrogens is 269 g/mol. The van der Waals surface area contributed by atoms with Crippen LogP contribution in [0, 0.1) is 5.82 Å². The molecule has 0 radical (unpaired) electrons. The van der Waals surface area contributed by atoms with Gasteiger partial charge in [-0.1, -0.05) is 31.5 Å². The third kappa shape index (κ3) is 2.57. The van der Waals surface area contributed by atoms with E-state index in [0.717, 1.165) is 25.7 Å². The van der Waals surface area contributed by atoms with Crippen LogP contribution < -0.4 is 0 Å². The molecule has 0 bridgehead atoms. The number of hydrogen-bond acceptors (Lipinski definition) is 2. The van der Waals surface area contributed by atoms with E-state index in [9.17, 15) is 9.18 Å². The van der Waals surface area contributed by atoms with Crippen LogP contribution in [0.1, 0.15) is 38.2 Å². The Balaban J connectivity index is 1.85. The van der Waals surface area contributed by atoms with Gasteiger partial charge in [0.1, 0.15) is 5.82 Å². The predicted octanol–water partition coefficient (Wildman–Crippen LogP) is 2.88. The molecule has 114 valence electrons. The Morgan fingerprint density at radius 2 is 2.19 bits per heavy atom. The lowest BCUT2D eigenvalue weighted by molar-refractivity contribution is -0.143. The van der Waals surface area contributed by atoms with Gasteiger partial charge in [-0.3, -0.25) is 4.79 Å². The largest absolute Gasteiger partial charge is 0.377 e. The van der Waals surface area contributed by atoms with Crippen molar-refractivity contribution in [2.45, 2.75) is 44.1 Å². The summed E-state index contributed by atoms with van der Waals surface area (Å²) in [7, 11) is 0. The smallest absolute Gasteiger partial charge is 0.233 e. The van der Waals surface area contributed by atoms with Gasteiger partial charge in [-0.15, -0.1) is 0 Å². The molecule has 1 aliphatic heterocycles. The minimum atomic E-state index is -0.616. The summed E-state index contributed by atoms with van der Waals surface area (Å²) in [5.74, 6) is -0.169. The van der Waals surface area contributed by atoms with E-state index in [1.54, 1.807) is 12.1 Å². The van der Waals surface area contributed by atoms with Crippen LogP contribution in [0.25, 0.3) is 0 Å². The lowest BCUT2D eigenvalue weighted by Gasteiger charge is -2.38. The lowest BCUT2D eigenvalue weighted by Crippen LogP contribution is -2.52. The van der Waals surface area contributed by atoms with E-state index in [-0.39, 0.29) is 17.8 Å². The van der Waals surface area contributed by atoms with Crippen LogP contribution >= 0.6 is 0 Å². The molecule has 0 N–H and O–H groups in total. The second-order valence-corrected chi connectivity index (χ2v) is 6.08. The zero-order valence-electron chi connectivity index (χ0n) is 12.5. The zero-order chi connectivity index (χ0) is 14.9. The molecule has 1 atom stereocenters. The van der Waals surface area contributed by atoms with Crippen molar-refractivity contribution >= 4 is 5.91 Å². The summed E-state index contributed by atoms with van der Waals surface area (Å²) in [6, 6.07) is 6.84. The SMILES string of the molecule is CCC[C@@H]1COCCN1C(=O)C1(c2ccccc2F)CC1. The molecule has 1 amide bonds. The number of morpholine rings is 1. The van der Waals surface area contributed by atoms with Crippen molar-refractivity contribution in [1.82, 2.24) is 4.90 Å². The summed E-state index contributed by atoms with van der Waals surface area (Å²) >= 11 is 0. The summed E-state index contributed by atoms with van der Waals surface area (Å²) in [6.07, 6.45) is 3.47. The molecule has 21 heavy (non-hydrogen) atoms. The maximum Gasteiger partial charge on any atom is 0.233 e. The molecule has 3 rings (SSSR count). The van der Waals surface area contributed by atoms with Gasteiger partial charge in [-0.25, -0.2) is 4.39 Å². The van der Waals surface area contributed by atoms with Gasteiger partial charge < -0.3 is 9.64 Å². The molecule has 1 aliphatic carbocycles. The summed E-state index contributed by atoms with van der Waals surface area (Å²) < 4.78 is 19.6. The second-order valence-electron chi connectivity index (χ2n) is 6.08. The van der Waals surface area contributed by atoms with Crippen LogP contribution in [0.2, 0.25) is 0 Å². The monoisotopic (exact) mass is 291 g/mol. The number of halogens is 1. The highest BCUT2D eigenvalue weighted by atomic mass is 19.1. The van der Waals surface area contributed by atoms with E-state index in [1.807, 2.05) is 11.0 Å². The maximum atomic E-state index is 14.1. The van der Waals surface area contributed by atoms with E-state index < -0.39 is 5.41 Å². The predicted molar refractivity (Wildman–Crippen MR) is 78.5 cm³/mol. The van der Waals surface area contributed by atoms with E-state index in [1.165, 1.54) is 6.07 Å². The standard InChI is InChI=1S/C17H22FNO2/c1-2-5-13-12-21-11-10-19(13)16(20)17(8-9-17)14-6-3-4-7-15(14)18/h3-4,6-7,13H,2,5,8-12H2,1H3/t13-/m1/s1. The average molecular weight is 291 g/mol. The number of carbonyl (C=O) groups is 1. The Bertz CT molecular complexity index is 525. The Morgan fingerprint density at radius 3 is 2.86 bits per heavy atom. The van der Waals surface area contributed by atoms with Crippen LogP contribution in [0.4, 0.5) is 4.39 Å². The van der Waals surface area contributed by atoms with Crippen molar-refractivity contribution in [3.8, 4) is 0 Å². The van der Waals surface area contributed by atoms with Crippen molar-refractivity contribution in [1.29, 1.82) is 0 Å². The third-order valence-corrected chi connectivity index (χ3v) is 4.66. The molecule has 0 unspecified atom stereocenters. The fourth-order valence-corrected chi connectivity index (χ4v) is 3.34. The molecule has 1 aromatic rings. The van der Waals surface area contributed by atoms with Gasteiger partial charge in [0.15, 0.2) is 0 Å². The molecule has 3 nitrogen and oxygen atoms in total. The van der Waals surface area contributed by atoms with Crippen LogP contribution in [0.5, 0.6) is 0 Å². The number of nitrogens with zero attached hydrogens (tertiary/aromatic N) is 1. The third-order valence-electron chi connectivity index (χ3n) is 4.66. The van der Waals surface area contributed by atoms with Crippen molar-refractivity contribution in [3.05, 3.63) is 35.6 Å². The average Bonchev–Trinajstić information content (AvgIpc) is 3.29. The molecule has 2 fully saturated rings. The number of amides is 1. The molecule has 2 aliphatic rings. The molecule has 4 heteroatoms. The fraction of sp³-hybridized carbons (Fsp3) is 0.588. The van der Waals surface area contributed by atoms with Gasteiger partial charge in [0.2, 0.25) is 5.91 Å². The van der Waals surface area contributed by atoms with E-state index in [4.69, 9.17) is 4.74 Å². The minimum Gasteiger partial charge on any atom is -0.377 e. The van der Waals surface area contributed by atoms with E-state index in [0.29, 0.717) is 25.3 Å². The minimum absolute atomic E-state index is 0.0920. The molecular formula is C17H22FNO2. The van der Waals surface area contributed by atoms with Crippen LogP contribution in [-0.2, 0) is 14.9 Å². The molecule has 1 saturated heterocycles. The Morgan fingerprint density at radius 1 is 1.43 bits per heavy atom. The van der Waals surface area contributed by atoms with Gasteiger partial charge in [0.05, 0.1) is 24.7 Å². The van der Waals surface area contributed by atoms with E-state index in [2.05, 4.69) is 6.92 Å². The first-order chi connectivity index (χ1) is 10.2. The first kappa shape index (κ1) is 14.5. The number of ether oxygens (including phenoxy) is 1. The van der Waals surface area contributed by atoms with Gasteiger partial charge in [0.25, 0.3) is 0 Å². The van der Waals surface area contributed by atoms with Gasteiger partial charge in [-0.05, 0) is 25.3 Å². The highest BCUT2D eigenvalue weighted by Crippen LogP contribution is 2.50. The zero-order valence-corrected chi connectivity index (χ0v) is 12.5. The van der Waals surface area contributed by atoms with Crippen LogP contribution in [0.15, 0.2) is 24.3 Å². The second kappa shape index (κ2) is 5.76. The number of carbonyl (C=O) groups excluding carboxylic acids is 1. The summed E-state index contributed by atoms with van der Waals surface area (Å²) in [4.78, 5) is 15.0. The molecule has 0 aromatic heterocycles. The molecule has 1 saturated carbocycles. The normalized spacial score (nSPS) is 23.9. The summed E-state index contributed by atoms with van der Waals surface area (Å²) in [5.41, 5.74) is -0.0500. The van der Waals surface area contributed by atoms with Crippen molar-refractivity contribution in [2.24, 2.45) is 0 Å². The van der Waals surface area contributed by atoms with Gasteiger partial charge in [0, 0.05) is 12.1 Å². The Hall–Kier alpha value is -1.42. The lowest BCUT2D eigenvalue weighted by atomic mass is 9.92. The van der Waals surface area contributed by atoms with Gasteiger partial charge >= 0.3 is 0 Å². The Labute approximate surface area is 125 Å². The number of hydrogen-bond donors (Lipinski definition) is 0. The van der Waals surface area contributed by atoms with Crippen molar-refractivity contribution in [3.63, 3.8) is 0 Å². The highest BCUT2D eigenvalue weighted by Gasteiger charge is 2.55. The molecule has 1 aromatic carbocycles.